The van der Waals surface area contributed by atoms with Gasteiger partial charge in [0.2, 0.25) is 6.17 Å². The molecule has 2 rings (SSSR count). The Balaban J connectivity index is 2.14. The zero-order valence-electron chi connectivity index (χ0n) is 11.7. The summed E-state index contributed by atoms with van der Waals surface area (Å²) >= 11 is 6.27. The molecule has 0 amide bonds. The van der Waals surface area contributed by atoms with E-state index in [-0.39, 0.29) is 12.2 Å². The Morgan fingerprint density at radius 1 is 1.40 bits per heavy atom. The molecule has 0 radical (unpaired) electrons. The van der Waals surface area contributed by atoms with Crippen molar-refractivity contribution in [1.82, 2.24) is 0 Å². The van der Waals surface area contributed by atoms with Crippen LogP contribution in [0.4, 0.5) is 4.39 Å². The van der Waals surface area contributed by atoms with E-state index in [0.29, 0.717) is 10.9 Å². The summed E-state index contributed by atoms with van der Waals surface area (Å²) in [6, 6.07) is 5.07. The molecule has 1 aliphatic carbocycles. The first-order valence-electron chi connectivity index (χ1n) is 7.23. The van der Waals surface area contributed by atoms with Gasteiger partial charge < -0.3 is 4.74 Å². The molecule has 0 N–H and O–H groups in total. The third kappa shape index (κ3) is 3.51. The van der Waals surface area contributed by atoms with Crippen molar-refractivity contribution in [1.29, 1.82) is 0 Å². The van der Waals surface area contributed by atoms with Crippen LogP contribution in [0.3, 0.4) is 0 Å². The Kier molecular flexibility index (Phi) is 5.41. The normalized spacial score (nSPS) is 17.8. The van der Waals surface area contributed by atoms with Crippen molar-refractivity contribution in [3.8, 4) is 0 Å². The van der Waals surface area contributed by atoms with Gasteiger partial charge in [-0.3, -0.25) is 0 Å². The Morgan fingerprint density at radius 2 is 2.10 bits per heavy atom. The summed E-state index contributed by atoms with van der Waals surface area (Å²) in [5, 5.41) is 0.557. The van der Waals surface area contributed by atoms with Gasteiger partial charge in [-0.15, -0.1) is 0 Å². The smallest absolute Gasteiger partial charge is 0.345 e. The average molecular weight is 299 g/mol. The fourth-order valence-electron chi connectivity index (χ4n) is 2.80. The van der Waals surface area contributed by atoms with Crippen LogP contribution in [0, 0.1) is 0 Å². The summed E-state index contributed by atoms with van der Waals surface area (Å²) in [6.45, 7) is 1.83. The molecule has 1 aliphatic rings. The number of alkyl halides is 1. The summed E-state index contributed by atoms with van der Waals surface area (Å²) in [4.78, 5) is 11.4. The van der Waals surface area contributed by atoms with Crippen molar-refractivity contribution >= 4 is 17.6 Å². The number of halogens is 2. The van der Waals surface area contributed by atoms with Gasteiger partial charge in [0, 0.05) is 5.02 Å². The van der Waals surface area contributed by atoms with Gasteiger partial charge in [-0.1, -0.05) is 43.0 Å². The predicted molar refractivity (Wildman–Crippen MR) is 77.8 cm³/mol. The molecular weight excluding hydrogens is 279 g/mol. The van der Waals surface area contributed by atoms with Crippen LogP contribution in [0.5, 0.6) is 0 Å². The summed E-state index contributed by atoms with van der Waals surface area (Å²) < 4.78 is 18.6. The molecule has 1 aromatic rings. The van der Waals surface area contributed by atoms with Crippen LogP contribution >= 0.6 is 11.6 Å². The van der Waals surface area contributed by atoms with E-state index >= 15 is 0 Å². The Bertz CT molecular complexity index is 470. The highest BCUT2D eigenvalue weighted by Gasteiger charge is 2.23. The summed E-state index contributed by atoms with van der Waals surface area (Å²) in [5.74, 6) is -0.389. The van der Waals surface area contributed by atoms with E-state index in [9.17, 15) is 9.18 Å². The molecule has 0 heterocycles. The van der Waals surface area contributed by atoms with Crippen molar-refractivity contribution in [3.63, 3.8) is 0 Å². The fraction of sp³-hybridized carbons (Fsp3) is 0.562. The summed E-state index contributed by atoms with van der Waals surface area (Å²) in [6.07, 6.45) is 4.23. The minimum absolute atomic E-state index is 0.174. The van der Waals surface area contributed by atoms with E-state index in [1.165, 1.54) is 19.3 Å². The van der Waals surface area contributed by atoms with Gasteiger partial charge >= 0.3 is 5.97 Å². The van der Waals surface area contributed by atoms with Crippen molar-refractivity contribution < 1.29 is 13.9 Å². The second-order valence-corrected chi connectivity index (χ2v) is 5.64. The number of rotatable bonds is 4. The topological polar surface area (TPSA) is 26.3 Å². The third-order valence-corrected chi connectivity index (χ3v) is 4.18. The molecule has 1 aromatic carbocycles. The number of ether oxygens (including phenoxy) is 1. The Labute approximate surface area is 124 Å². The SMILES string of the molecule is CCOC(=O)C(F)c1ccc(C2CCCCC2)c(Cl)c1. The van der Waals surface area contributed by atoms with Gasteiger partial charge in [-0.25, -0.2) is 9.18 Å². The van der Waals surface area contributed by atoms with E-state index in [1.807, 2.05) is 6.07 Å². The highest BCUT2D eigenvalue weighted by Crippen LogP contribution is 2.37. The van der Waals surface area contributed by atoms with Gasteiger partial charge in [0.1, 0.15) is 0 Å². The molecule has 0 bridgehead atoms. The lowest BCUT2D eigenvalue weighted by Crippen LogP contribution is -2.12. The number of carbonyl (C=O) groups is 1. The second-order valence-electron chi connectivity index (χ2n) is 5.23. The second kappa shape index (κ2) is 7.07. The fourth-order valence-corrected chi connectivity index (χ4v) is 3.14. The van der Waals surface area contributed by atoms with Gasteiger partial charge in [0.05, 0.1) is 6.61 Å². The van der Waals surface area contributed by atoms with Crippen LogP contribution in [0.2, 0.25) is 5.02 Å². The van der Waals surface area contributed by atoms with Crippen LogP contribution in [0.1, 0.15) is 62.2 Å². The first-order valence-corrected chi connectivity index (χ1v) is 7.61. The number of benzene rings is 1. The van der Waals surface area contributed by atoms with Crippen molar-refractivity contribution in [2.45, 2.75) is 51.1 Å². The van der Waals surface area contributed by atoms with Crippen LogP contribution in [-0.2, 0) is 9.53 Å². The van der Waals surface area contributed by atoms with E-state index in [4.69, 9.17) is 11.6 Å². The lowest BCUT2D eigenvalue weighted by atomic mass is 9.83. The van der Waals surface area contributed by atoms with E-state index in [2.05, 4.69) is 4.74 Å². The van der Waals surface area contributed by atoms with Gasteiger partial charge in [-0.05, 0) is 42.9 Å². The zero-order valence-corrected chi connectivity index (χ0v) is 12.5. The van der Waals surface area contributed by atoms with Gasteiger partial charge in [0.15, 0.2) is 0 Å². The molecule has 110 valence electrons. The quantitative estimate of drug-likeness (QED) is 0.734. The maximum atomic E-state index is 13.9. The minimum Gasteiger partial charge on any atom is -0.464 e. The van der Waals surface area contributed by atoms with Crippen LogP contribution in [0.15, 0.2) is 18.2 Å². The molecule has 0 saturated heterocycles. The molecule has 1 unspecified atom stereocenters. The molecule has 0 spiro atoms. The lowest BCUT2D eigenvalue weighted by molar-refractivity contribution is -0.149. The monoisotopic (exact) mass is 298 g/mol. The first-order chi connectivity index (χ1) is 9.63. The predicted octanol–water partition coefficient (Wildman–Crippen LogP) is 4.96. The maximum absolute atomic E-state index is 13.9. The average Bonchev–Trinajstić information content (AvgIpc) is 2.47. The molecule has 0 aromatic heterocycles. The van der Waals surface area contributed by atoms with Crippen LogP contribution in [-0.4, -0.2) is 12.6 Å². The highest BCUT2D eigenvalue weighted by molar-refractivity contribution is 6.31. The molecule has 1 fully saturated rings. The molecule has 20 heavy (non-hydrogen) atoms. The van der Waals surface area contributed by atoms with Crippen molar-refractivity contribution in [3.05, 3.63) is 34.3 Å². The van der Waals surface area contributed by atoms with Gasteiger partial charge in [-0.2, -0.15) is 0 Å². The van der Waals surface area contributed by atoms with Crippen LogP contribution in [0.25, 0.3) is 0 Å². The summed E-state index contributed by atoms with van der Waals surface area (Å²) in [5.41, 5.74) is 1.35. The molecule has 0 aliphatic heterocycles. The van der Waals surface area contributed by atoms with E-state index in [1.54, 1.807) is 19.1 Å². The number of hydrogen-bond donors (Lipinski definition) is 0. The first kappa shape index (κ1) is 15.3. The number of hydrogen-bond acceptors (Lipinski definition) is 2. The van der Waals surface area contributed by atoms with E-state index < -0.39 is 12.1 Å². The Morgan fingerprint density at radius 3 is 2.70 bits per heavy atom. The maximum Gasteiger partial charge on any atom is 0.345 e. The molecule has 4 heteroatoms. The Hall–Kier alpha value is -1.09. The van der Waals surface area contributed by atoms with Gasteiger partial charge in [0.25, 0.3) is 0 Å². The number of carbonyl (C=O) groups excluding carboxylic acids is 1. The summed E-state index contributed by atoms with van der Waals surface area (Å²) in [7, 11) is 0. The van der Waals surface area contributed by atoms with Crippen LogP contribution < -0.4 is 0 Å². The van der Waals surface area contributed by atoms with Crippen molar-refractivity contribution in [2.75, 3.05) is 6.61 Å². The largest absolute Gasteiger partial charge is 0.464 e. The third-order valence-electron chi connectivity index (χ3n) is 3.86. The lowest BCUT2D eigenvalue weighted by Gasteiger charge is -2.23. The van der Waals surface area contributed by atoms with E-state index in [0.717, 1.165) is 18.4 Å². The molecule has 1 saturated carbocycles. The standard InChI is InChI=1S/C16H20ClFO2/c1-2-20-16(19)15(18)12-8-9-13(14(17)10-12)11-6-4-3-5-7-11/h8-11,15H,2-7H2,1H3. The molecule has 2 nitrogen and oxygen atoms in total. The molecular formula is C16H20ClFO2. The van der Waals surface area contributed by atoms with Crippen molar-refractivity contribution in [2.24, 2.45) is 0 Å². The zero-order chi connectivity index (χ0) is 14.5. The highest BCUT2D eigenvalue weighted by atomic mass is 35.5. The number of esters is 1. The minimum atomic E-state index is -1.76. The molecule has 1 atom stereocenters.